The lowest BCUT2D eigenvalue weighted by molar-refractivity contribution is -0.124. The second-order valence-corrected chi connectivity index (χ2v) is 8.27. The van der Waals surface area contributed by atoms with Crippen molar-refractivity contribution in [2.24, 2.45) is 0 Å². The first-order valence-electron chi connectivity index (χ1n) is 10.4. The third-order valence-electron chi connectivity index (χ3n) is 5.98. The van der Waals surface area contributed by atoms with E-state index in [0.29, 0.717) is 6.54 Å². The van der Waals surface area contributed by atoms with Crippen LogP contribution in [0.4, 0.5) is 0 Å². The maximum atomic E-state index is 11.2. The molecule has 0 saturated carbocycles. The third kappa shape index (κ3) is 4.83. The van der Waals surface area contributed by atoms with Crippen LogP contribution in [-0.4, -0.2) is 45.8 Å². The van der Waals surface area contributed by atoms with E-state index in [1.54, 1.807) is 11.6 Å². The number of carbonyl (C=O) groups is 1. The largest absolute Gasteiger partial charge is 0.395 e. The smallest absolute Gasteiger partial charge is 0.267 e. The second-order valence-electron chi connectivity index (χ2n) is 7.84. The van der Waals surface area contributed by atoms with Crippen molar-refractivity contribution in [3.8, 4) is 0 Å². The van der Waals surface area contributed by atoms with Crippen LogP contribution in [0.2, 0.25) is 5.02 Å². The minimum absolute atomic E-state index is 0.114. The number of nitrogens with zero attached hydrogens (tertiary/aromatic N) is 1. The Morgan fingerprint density at radius 1 is 1.26 bits per heavy atom. The number of aromatic amines is 1. The fraction of sp³-hybridized carbons (Fsp3) is 0.292. The predicted octanol–water partition coefficient (Wildman–Crippen LogP) is 3.86. The average molecular weight is 440 g/mol. The Kier molecular flexibility index (Phi) is 6.73. The Bertz CT molecular complexity index is 1110. The molecule has 1 heterocycles. The first-order chi connectivity index (χ1) is 15.1. The first-order valence-corrected chi connectivity index (χ1v) is 10.8. The quantitative estimate of drug-likeness (QED) is 0.244. The molecule has 0 saturated heterocycles. The second kappa shape index (κ2) is 9.66. The number of hydrogen-bond donors (Lipinski definition) is 4. The van der Waals surface area contributed by atoms with Crippen LogP contribution >= 0.6 is 11.6 Å². The third-order valence-corrected chi connectivity index (χ3v) is 6.21. The van der Waals surface area contributed by atoms with E-state index in [4.69, 9.17) is 16.8 Å². The van der Waals surface area contributed by atoms with Gasteiger partial charge in [0.1, 0.15) is 0 Å². The molecule has 0 aliphatic heterocycles. The average Bonchev–Trinajstić information content (AvgIpc) is 3.38. The molecule has 3 aromatic rings. The molecule has 6 nitrogen and oxygen atoms in total. The van der Waals surface area contributed by atoms with Gasteiger partial charge in [-0.05, 0) is 65.8 Å². The predicted molar refractivity (Wildman–Crippen MR) is 122 cm³/mol. The summed E-state index contributed by atoms with van der Waals surface area (Å²) in [5.74, 6) is -0.550. The number of halogens is 1. The normalized spacial score (nSPS) is 15.8. The van der Waals surface area contributed by atoms with E-state index in [1.165, 1.54) is 22.8 Å². The highest BCUT2D eigenvalue weighted by molar-refractivity contribution is 6.31. The molecular weight excluding hydrogens is 414 g/mol. The van der Waals surface area contributed by atoms with Gasteiger partial charge in [-0.2, -0.15) is 0 Å². The highest BCUT2D eigenvalue weighted by Crippen LogP contribution is 2.36. The maximum Gasteiger partial charge on any atom is 0.267 e. The lowest BCUT2D eigenvalue weighted by Gasteiger charge is -2.29. The van der Waals surface area contributed by atoms with Gasteiger partial charge in [0.25, 0.3) is 5.91 Å². The van der Waals surface area contributed by atoms with Gasteiger partial charge in [-0.25, -0.2) is 5.48 Å². The number of benzene rings is 2. The molecule has 0 spiro atoms. The van der Waals surface area contributed by atoms with Crippen molar-refractivity contribution in [1.82, 2.24) is 15.4 Å². The van der Waals surface area contributed by atoms with Crippen LogP contribution in [0.1, 0.15) is 34.7 Å². The number of carbonyl (C=O) groups excluding carboxylic acids is 1. The molecule has 2 aromatic carbocycles. The molecule has 1 unspecified atom stereocenters. The van der Waals surface area contributed by atoms with Gasteiger partial charge >= 0.3 is 0 Å². The number of aliphatic hydroxyl groups excluding tert-OH is 1. The molecule has 1 aromatic heterocycles. The van der Waals surface area contributed by atoms with Crippen LogP contribution in [0.3, 0.4) is 0 Å². The molecule has 1 atom stereocenters. The molecular formula is C24H26ClN3O3. The zero-order valence-electron chi connectivity index (χ0n) is 17.1. The number of aromatic nitrogens is 1. The molecule has 1 aliphatic carbocycles. The summed E-state index contributed by atoms with van der Waals surface area (Å²) < 4.78 is 0. The lowest BCUT2D eigenvalue weighted by atomic mass is 10.0. The molecule has 7 heteroatoms. The molecule has 162 valence electrons. The van der Waals surface area contributed by atoms with Crippen LogP contribution in [0, 0.1) is 0 Å². The van der Waals surface area contributed by atoms with Crippen LogP contribution in [0.15, 0.2) is 48.7 Å². The Morgan fingerprint density at radius 2 is 2.13 bits per heavy atom. The number of aliphatic hydroxyl groups is 1. The van der Waals surface area contributed by atoms with E-state index in [2.05, 4.69) is 22.0 Å². The van der Waals surface area contributed by atoms with Gasteiger partial charge in [0.15, 0.2) is 0 Å². The van der Waals surface area contributed by atoms with E-state index in [9.17, 15) is 9.90 Å². The minimum Gasteiger partial charge on any atom is -0.395 e. The molecule has 1 aliphatic rings. The van der Waals surface area contributed by atoms with Crippen molar-refractivity contribution >= 4 is 34.5 Å². The molecule has 0 bridgehead atoms. The van der Waals surface area contributed by atoms with Crippen LogP contribution in [0.5, 0.6) is 0 Å². The van der Waals surface area contributed by atoms with Crippen LogP contribution < -0.4 is 5.48 Å². The summed E-state index contributed by atoms with van der Waals surface area (Å²) >= 11 is 6.18. The van der Waals surface area contributed by atoms with Gasteiger partial charge in [-0.15, -0.1) is 0 Å². The number of aryl methyl sites for hydroxylation is 1. The number of amides is 1. The molecule has 4 rings (SSSR count). The summed E-state index contributed by atoms with van der Waals surface area (Å²) in [6.45, 7) is 1.57. The van der Waals surface area contributed by atoms with Gasteiger partial charge in [-0.3, -0.25) is 14.9 Å². The van der Waals surface area contributed by atoms with Crippen molar-refractivity contribution in [3.63, 3.8) is 0 Å². The maximum absolute atomic E-state index is 11.2. The zero-order valence-corrected chi connectivity index (χ0v) is 17.9. The van der Waals surface area contributed by atoms with E-state index < -0.39 is 5.91 Å². The molecule has 31 heavy (non-hydrogen) atoms. The van der Waals surface area contributed by atoms with Gasteiger partial charge in [0, 0.05) is 47.3 Å². The number of fused-ring (bicyclic) bond motifs is 2. The Balaban J connectivity index is 1.50. The SMILES string of the molecule is O=C(/C=C/c1ccc2c(c1)CCC2N(CCO)CCc1c[nH]c2ccc(Cl)cc12)NO. The van der Waals surface area contributed by atoms with Gasteiger partial charge in [-0.1, -0.05) is 29.8 Å². The molecule has 0 radical (unpaired) electrons. The number of nitrogens with one attached hydrogen (secondary N) is 2. The summed E-state index contributed by atoms with van der Waals surface area (Å²) in [6.07, 6.45) is 7.86. The summed E-state index contributed by atoms with van der Waals surface area (Å²) in [5.41, 5.74) is 7.36. The lowest BCUT2D eigenvalue weighted by Crippen LogP contribution is -2.32. The molecule has 4 N–H and O–H groups in total. The van der Waals surface area contributed by atoms with Crippen molar-refractivity contribution in [2.75, 3.05) is 19.7 Å². The summed E-state index contributed by atoms with van der Waals surface area (Å²) in [4.78, 5) is 16.9. The fourth-order valence-corrected chi connectivity index (χ4v) is 4.65. The highest BCUT2D eigenvalue weighted by atomic mass is 35.5. The highest BCUT2D eigenvalue weighted by Gasteiger charge is 2.27. The summed E-state index contributed by atoms with van der Waals surface area (Å²) in [6, 6.07) is 12.3. The first kappa shape index (κ1) is 21.6. The minimum atomic E-state index is -0.550. The Labute approximate surface area is 186 Å². The Hall–Kier alpha value is -2.64. The van der Waals surface area contributed by atoms with Crippen molar-refractivity contribution in [1.29, 1.82) is 0 Å². The number of hydrogen-bond acceptors (Lipinski definition) is 4. The van der Waals surface area contributed by atoms with Crippen molar-refractivity contribution in [3.05, 3.63) is 75.9 Å². The zero-order chi connectivity index (χ0) is 21.8. The number of hydroxylamine groups is 1. The van der Waals surface area contributed by atoms with Gasteiger partial charge in [0.05, 0.1) is 6.61 Å². The van der Waals surface area contributed by atoms with Gasteiger partial charge in [0.2, 0.25) is 0 Å². The Morgan fingerprint density at radius 3 is 2.94 bits per heavy atom. The van der Waals surface area contributed by atoms with Crippen LogP contribution in [-0.2, 0) is 17.6 Å². The van der Waals surface area contributed by atoms with E-state index in [1.807, 2.05) is 30.5 Å². The van der Waals surface area contributed by atoms with Crippen molar-refractivity contribution in [2.45, 2.75) is 25.3 Å². The van der Waals surface area contributed by atoms with E-state index >= 15 is 0 Å². The van der Waals surface area contributed by atoms with E-state index in [0.717, 1.165) is 47.3 Å². The summed E-state index contributed by atoms with van der Waals surface area (Å²) in [7, 11) is 0. The standard InChI is InChI=1S/C24H26ClN3O3/c25-19-4-6-22-21(14-19)18(15-26-22)9-10-28(11-12-29)23-7-3-17-13-16(1-5-20(17)23)2-8-24(30)27-31/h1-2,4-6,8,13-15,23,26,29,31H,3,7,9-12H2,(H,27,30)/b8-2+. The van der Waals surface area contributed by atoms with Crippen LogP contribution in [0.25, 0.3) is 17.0 Å². The topological polar surface area (TPSA) is 88.6 Å². The molecule has 0 fully saturated rings. The fourth-order valence-electron chi connectivity index (χ4n) is 4.48. The van der Waals surface area contributed by atoms with Crippen molar-refractivity contribution < 1.29 is 15.1 Å². The number of rotatable bonds is 8. The van der Waals surface area contributed by atoms with Gasteiger partial charge < -0.3 is 10.1 Å². The molecule has 1 amide bonds. The van der Waals surface area contributed by atoms with E-state index in [-0.39, 0.29) is 12.6 Å². The monoisotopic (exact) mass is 439 g/mol. The summed E-state index contributed by atoms with van der Waals surface area (Å²) in [5, 5.41) is 20.2. The number of H-pyrrole nitrogens is 1.